The fourth-order valence-electron chi connectivity index (χ4n) is 3.94. The van der Waals surface area contributed by atoms with Crippen molar-refractivity contribution in [2.45, 2.75) is 50.6 Å². The average molecular weight is 293 g/mol. The molecule has 0 N–H and O–H groups in total. The first-order valence-electron chi connectivity index (χ1n) is 7.65. The Kier molecular flexibility index (Phi) is 4.41. The molecule has 20 heavy (non-hydrogen) atoms. The monoisotopic (exact) mass is 293 g/mol. The average Bonchev–Trinajstić information content (AvgIpc) is 3.11. The molecule has 4 heteroatoms. The molecule has 0 unspecified atom stereocenters. The van der Waals surface area contributed by atoms with E-state index in [-0.39, 0.29) is 12.0 Å². The molecule has 0 aromatic carbocycles. The van der Waals surface area contributed by atoms with Crippen LogP contribution in [-0.2, 0) is 16.0 Å². The molecule has 0 radical (unpaired) electrons. The summed E-state index contributed by atoms with van der Waals surface area (Å²) >= 11 is 1.81. The second kappa shape index (κ2) is 6.27. The molecule has 3 rings (SSSR count). The Morgan fingerprint density at radius 2 is 2.30 bits per heavy atom. The zero-order chi connectivity index (χ0) is 13.9. The lowest BCUT2D eigenvalue weighted by atomic mass is 9.85. The number of thiophene rings is 1. The van der Waals surface area contributed by atoms with Gasteiger partial charge in [-0.1, -0.05) is 18.9 Å². The van der Waals surface area contributed by atoms with Crippen LogP contribution in [0.5, 0.6) is 0 Å². The molecule has 1 aliphatic heterocycles. The normalized spacial score (nSPS) is 30.1. The Hall–Kier alpha value is -0.870. The Balaban J connectivity index is 1.70. The maximum Gasteiger partial charge on any atom is 0.323 e. The van der Waals surface area contributed by atoms with Crippen molar-refractivity contribution in [1.82, 2.24) is 4.90 Å². The van der Waals surface area contributed by atoms with Crippen molar-refractivity contribution < 1.29 is 9.53 Å². The first-order valence-corrected chi connectivity index (χ1v) is 8.53. The third-order valence-corrected chi connectivity index (χ3v) is 5.83. The molecule has 0 amide bonds. The highest BCUT2D eigenvalue weighted by Crippen LogP contribution is 2.40. The summed E-state index contributed by atoms with van der Waals surface area (Å²) in [5.74, 6) is 0.668. The minimum absolute atomic E-state index is 0.00642. The van der Waals surface area contributed by atoms with Crippen molar-refractivity contribution in [3.8, 4) is 0 Å². The second-order valence-corrected chi connectivity index (χ2v) is 6.99. The van der Waals surface area contributed by atoms with Gasteiger partial charge in [0.2, 0.25) is 0 Å². The van der Waals surface area contributed by atoms with Crippen LogP contribution in [-0.4, -0.2) is 36.6 Å². The lowest BCUT2D eigenvalue weighted by Gasteiger charge is -2.33. The quantitative estimate of drug-likeness (QED) is 0.799. The summed E-state index contributed by atoms with van der Waals surface area (Å²) in [6, 6.07) is 4.89. The van der Waals surface area contributed by atoms with E-state index in [2.05, 4.69) is 22.4 Å². The molecule has 3 nitrogen and oxygen atoms in total. The van der Waals surface area contributed by atoms with Gasteiger partial charge in [-0.15, -0.1) is 11.3 Å². The molecule has 1 saturated heterocycles. The summed E-state index contributed by atoms with van der Waals surface area (Å²) in [6.07, 6.45) is 7.23. The summed E-state index contributed by atoms with van der Waals surface area (Å²) < 4.78 is 5.03. The molecular weight excluding hydrogens is 270 g/mol. The lowest BCUT2D eigenvalue weighted by Crippen LogP contribution is -2.43. The first kappa shape index (κ1) is 14.1. The summed E-state index contributed by atoms with van der Waals surface area (Å²) in [5.41, 5.74) is 0. The summed E-state index contributed by atoms with van der Waals surface area (Å²) in [4.78, 5) is 15.9. The predicted octanol–water partition coefficient (Wildman–Crippen LogP) is 3.10. The third kappa shape index (κ3) is 2.77. The van der Waals surface area contributed by atoms with E-state index in [1.807, 2.05) is 11.3 Å². The van der Waals surface area contributed by atoms with Gasteiger partial charge < -0.3 is 4.74 Å². The lowest BCUT2D eigenvalue weighted by molar-refractivity contribution is -0.146. The fraction of sp³-hybridized carbons (Fsp3) is 0.688. The van der Waals surface area contributed by atoms with Crippen LogP contribution < -0.4 is 0 Å². The highest BCUT2D eigenvalue weighted by molar-refractivity contribution is 7.09. The van der Waals surface area contributed by atoms with Gasteiger partial charge in [0, 0.05) is 17.5 Å². The van der Waals surface area contributed by atoms with Gasteiger partial charge in [-0.05, 0) is 43.0 Å². The van der Waals surface area contributed by atoms with Gasteiger partial charge in [-0.25, -0.2) is 0 Å². The van der Waals surface area contributed by atoms with E-state index >= 15 is 0 Å². The number of likely N-dealkylation sites (tertiary alicyclic amines) is 1. The number of nitrogens with zero attached hydrogens (tertiary/aromatic N) is 1. The maximum atomic E-state index is 12.1. The number of carbonyl (C=O) groups excluding carboxylic acids is 1. The van der Waals surface area contributed by atoms with Gasteiger partial charge in [0.15, 0.2) is 0 Å². The van der Waals surface area contributed by atoms with Gasteiger partial charge in [-0.3, -0.25) is 9.69 Å². The minimum atomic E-state index is -0.0365. The SMILES string of the molecule is COC(=O)[C@@H]1C[C@H]2CCCC[C@H]2N1CCc1cccs1. The Labute approximate surface area is 124 Å². The number of hydrogen-bond acceptors (Lipinski definition) is 4. The molecule has 2 heterocycles. The van der Waals surface area contributed by atoms with Crippen LogP contribution >= 0.6 is 11.3 Å². The molecule has 1 aromatic heterocycles. The van der Waals surface area contributed by atoms with Crippen molar-refractivity contribution in [3.05, 3.63) is 22.4 Å². The summed E-state index contributed by atoms with van der Waals surface area (Å²) in [5, 5.41) is 2.13. The number of esters is 1. The largest absolute Gasteiger partial charge is 0.468 e. The topological polar surface area (TPSA) is 29.5 Å². The number of rotatable bonds is 4. The fourth-order valence-corrected chi connectivity index (χ4v) is 4.63. The van der Waals surface area contributed by atoms with Crippen molar-refractivity contribution in [1.29, 1.82) is 0 Å². The second-order valence-electron chi connectivity index (χ2n) is 5.95. The summed E-state index contributed by atoms with van der Waals surface area (Å²) in [7, 11) is 1.52. The molecule has 1 aromatic rings. The van der Waals surface area contributed by atoms with E-state index < -0.39 is 0 Å². The van der Waals surface area contributed by atoms with Crippen molar-refractivity contribution in [2.75, 3.05) is 13.7 Å². The van der Waals surface area contributed by atoms with Gasteiger partial charge in [0.1, 0.15) is 6.04 Å². The van der Waals surface area contributed by atoms with Crippen LogP contribution in [0.25, 0.3) is 0 Å². The van der Waals surface area contributed by atoms with Crippen molar-refractivity contribution >= 4 is 17.3 Å². The van der Waals surface area contributed by atoms with Crippen LogP contribution in [0.4, 0.5) is 0 Å². The van der Waals surface area contributed by atoms with Crippen LogP contribution in [0.2, 0.25) is 0 Å². The first-order chi connectivity index (χ1) is 9.79. The van der Waals surface area contributed by atoms with Crippen molar-refractivity contribution in [3.63, 3.8) is 0 Å². The molecular formula is C16H23NO2S. The molecule has 0 spiro atoms. The van der Waals surface area contributed by atoms with Gasteiger partial charge in [0.05, 0.1) is 7.11 Å². The van der Waals surface area contributed by atoms with Crippen LogP contribution in [0.3, 0.4) is 0 Å². The van der Waals surface area contributed by atoms with E-state index in [0.29, 0.717) is 12.0 Å². The van der Waals surface area contributed by atoms with E-state index in [9.17, 15) is 4.79 Å². The Morgan fingerprint density at radius 3 is 3.05 bits per heavy atom. The van der Waals surface area contributed by atoms with Crippen LogP contribution in [0, 0.1) is 5.92 Å². The number of ether oxygens (including phenoxy) is 1. The zero-order valence-corrected chi connectivity index (χ0v) is 12.9. The van der Waals surface area contributed by atoms with Gasteiger partial charge >= 0.3 is 5.97 Å². The molecule has 0 bridgehead atoms. The Morgan fingerprint density at radius 1 is 1.45 bits per heavy atom. The highest BCUT2D eigenvalue weighted by atomic mass is 32.1. The van der Waals surface area contributed by atoms with E-state index in [0.717, 1.165) is 19.4 Å². The Bertz CT molecular complexity index is 445. The molecule has 1 aliphatic carbocycles. The molecule has 2 aliphatic rings. The number of fused-ring (bicyclic) bond motifs is 1. The van der Waals surface area contributed by atoms with E-state index in [1.54, 1.807) is 0 Å². The zero-order valence-electron chi connectivity index (χ0n) is 12.1. The van der Waals surface area contributed by atoms with Crippen molar-refractivity contribution in [2.24, 2.45) is 5.92 Å². The molecule has 1 saturated carbocycles. The highest BCUT2D eigenvalue weighted by Gasteiger charge is 2.45. The molecule has 2 fully saturated rings. The number of methoxy groups -OCH3 is 1. The van der Waals surface area contributed by atoms with E-state index in [1.165, 1.54) is 37.7 Å². The van der Waals surface area contributed by atoms with Crippen LogP contribution in [0.15, 0.2) is 17.5 Å². The smallest absolute Gasteiger partial charge is 0.323 e. The number of hydrogen-bond donors (Lipinski definition) is 0. The summed E-state index contributed by atoms with van der Waals surface area (Å²) in [6.45, 7) is 0.988. The minimum Gasteiger partial charge on any atom is -0.468 e. The predicted molar refractivity (Wildman–Crippen MR) is 80.9 cm³/mol. The maximum absolute atomic E-state index is 12.1. The van der Waals surface area contributed by atoms with Gasteiger partial charge in [-0.2, -0.15) is 0 Å². The molecule has 3 atom stereocenters. The van der Waals surface area contributed by atoms with Gasteiger partial charge in [0.25, 0.3) is 0 Å². The number of carbonyl (C=O) groups is 1. The third-order valence-electron chi connectivity index (χ3n) is 4.89. The standard InChI is InChI=1S/C16H23NO2S/c1-19-16(18)15-11-12-5-2-3-7-14(12)17(15)9-8-13-6-4-10-20-13/h4,6,10,12,14-15H,2-3,5,7-9,11H2,1H3/t12-,14-,15+/m1/s1. The van der Waals surface area contributed by atoms with E-state index in [4.69, 9.17) is 4.74 Å². The molecule has 110 valence electrons. The van der Waals surface area contributed by atoms with Crippen LogP contribution in [0.1, 0.15) is 37.0 Å².